The van der Waals surface area contributed by atoms with Gasteiger partial charge in [0, 0.05) is 25.6 Å². The zero-order valence-corrected chi connectivity index (χ0v) is 7.38. The van der Waals surface area contributed by atoms with E-state index in [0.717, 1.165) is 13.1 Å². The summed E-state index contributed by atoms with van der Waals surface area (Å²) in [6, 6.07) is 2.64. The maximum Gasteiger partial charge on any atom is 0.0635 e. The Hall–Kier alpha value is -0.810. The van der Waals surface area contributed by atoms with Crippen molar-refractivity contribution in [2.24, 2.45) is 0 Å². The molecular weight excluding hydrogens is 136 g/mol. The molecule has 2 nitrogen and oxygen atoms in total. The Morgan fingerprint density at radius 2 is 2.27 bits per heavy atom. The van der Waals surface area contributed by atoms with Crippen LogP contribution in [0.5, 0.6) is 0 Å². The first-order valence-corrected chi connectivity index (χ1v) is 3.94. The van der Waals surface area contributed by atoms with Crippen LogP contribution in [-0.4, -0.2) is 24.0 Å². The molecule has 0 fully saturated rings. The van der Waals surface area contributed by atoms with E-state index in [1.807, 2.05) is 6.08 Å². The van der Waals surface area contributed by atoms with Gasteiger partial charge in [0.05, 0.1) is 6.07 Å². The van der Waals surface area contributed by atoms with Crippen molar-refractivity contribution in [3.63, 3.8) is 0 Å². The molecule has 0 aliphatic carbocycles. The normalized spacial score (nSPS) is 10.1. The quantitative estimate of drug-likeness (QED) is 0.562. The molecule has 0 aliphatic rings. The first-order chi connectivity index (χ1) is 5.22. The largest absolute Gasteiger partial charge is 0.296 e. The van der Waals surface area contributed by atoms with E-state index in [1.54, 1.807) is 0 Å². The lowest BCUT2D eigenvalue weighted by atomic mass is 10.3. The summed E-state index contributed by atoms with van der Waals surface area (Å²) in [6.07, 6.45) is 2.48. The van der Waals surface area contributed by atoms with E-state index in [0.29, 0.717) is 12.5 Å². The Bertz CT molecular complexity index is 144. The molecular formula is C9H16N2. The van der Waals surface area contributed by atoms with Gasteiger partial charge in [0.15, 0.2) is 0 Å². The minimum absolute atomic E-state index is 0.501. The average molecular weight is 152 g/mol. The van der Waals surface area contributed by atoms with Crippen LogP contribution >= 0.6 is 0 Å². The van der Waals surface area contributed by atoms with Crippen molar-refractivity contribution >= 4 is 0 Å². The number of nitrogens with zero attached hydrogens (tertiary/aromatic N) is 2. The van der Waals surface area contributed by atoms with Crippen molar-refractivity contribution in [2.45, 2.75) is 26.3 Å². The molecule has 2 heteroatoms. The van der Waals surface area contributed by atoms with Crippen LogP contribution < -0.4 is 0 Å². The smallest absolute Gasteiger partial charge is 0.0635 e. The standard InChI is InChI=1S/C9H16N2/c1-4-7-11(9(2)3)8-5-6-10/h4,9H,1,5,7-8H2,2-3H3. The maximum atomic E-state index is 8.36. The Labute approximate surface area is 69.1 Å². The van der Waals surface area contributed by atoms with Crippen LogP contribution in [0.1, 0.15) is 20.3 Å². The fraction of sp³-hybridized carbons (Fsp3) is 0.667. The van der Waals surface area contributed by atoms with Crippen LogP contribution in [0.15, 0.2) is 12.7 Å². The van der Waals surface area contributed by atoms with Gasteiger partial charge in [0.1, 0.15) is 0 Å². The Morgan fingerprint density at radius 3 is 2.64 bits per heavy atom. The summed E-state index contributed by atoms with van der Waals surface area (Å²) < 4.78 is 0. The van der Waals surface area contributed by atoms with E-state index >= 15 is 0 Å². The van der Waals surface area contributed by atoms with E-state index in [1.165, 1.54) is 0 Å². The number of rotatable bonds is 5. The van der Waals surface area contributed by atoms with Gasteiger partial charge in [-0.15, -0.1) is 6.58 Å². The van der Waals surface area contributed by atoms with Crippen LogP contribution in [-0.2, 0) is 0 Å². The molecule has 11 heavy (non-hydrogen) atoms. The highest BCUT2D eigenvalue weighted by Crippen LogP contribution is 1.98. The van der Waals surface area contributed by atoms with Crippen LogP contribution in [0.3, 0.4) is 0 Å². The molecule has 0 aromatic rings. The highest BCUT2D eigenvalue weighted by Gasteiger charge is 2.05. The van der Waals surface area contributed by atoms with Gasteiger partial charge >= 0.3 is 0 Å². The summed E-state index contributed by atoms with van der Waals surface area (Å²) in [7, 11) is 0. The molecule has 0 N–H and O–H groups in total. The van der Waals surface area contributed by atoms with Gasteiger partial charge < -0.3 is 0 Å². The molecule has 0 amide bonds. The van der Waals surface area contributed by atoms with Crippen molar-refractivity contribution < 1.29 is 0 Å². The molecule has 0 bridgehead atoms. The lowest BCUT2D eigenvalue weighted by Gasteiger charge is -2.23. The summed E-state index contributed by atoms with van der Waals surface area (Å²) >= 11 is 0. The lowest BCUT2D eigenvalue weighted by molar-refractivity contribution is 0.252. The molecule has 0 rings (SSSR count). The SMILES string of the molecule is C=CCN(CCC#N)C(C)C. The first-order valence-electron chi connectivity index (χ1n) is 3.94. The van der Waals surface area contributed by atoms with Gasteiger partial charge in [-0.2, -0.15) is 5.26 Å². The topological polar surface area (TPSA) is 27.0 Å². The van der Waals surface area contributed by atoms with Gasteiger partial charge in [-0.1, -0.05) is 6.08 Å². The minimum Gasteiger partial charge on any atom is -0.296 e. The van der Waals surface area contributed by atoms with Gasteiger partial charge in [0.25, 0.3) is 0 Å². The van der Waals surface area contributed by atoms with Gasteiger partial charge in [-0.25, -0.2) is 0 Å². The Balaban J connectivity index is 3.70. The molecule has 0 radical (unpaired) electrons. The summed E-state index contributed by atoms with van der Waals surface area (Å²) in [5.74, 6) is 0. The van der Waals surface area contributed by atoms with Gasteiger partial charge in [0.2, 0.25) is 0 Å². The highest BCUT2D eigenvalue weighted by molar-refractivity contribution is 4.79. The molecule has 0 aromatic carbocycles. The molecule has 0 unspecified atom stereocenters. The predicted octanol–water partition coefficient (Wildman–Crippen LogP) is 1.80. The third-order valence-corrected chi connectivity index (χ3v) is 1.60. The molecule has 0 aliphatic heterocycles. The summed E-state index contributed by atoms with van der Waals surface area (Å²) in [4.78, 5) is 2.22. The number of hydrogen-bond acceptors (Lipinski definition) is 2. The van der Waals surface area contributed by atoms with Crippen LogP contribution in [0, 0.1) is 11.3 Å². The second-order valence-corrected chi connectivity index (χ2v) is 2.79. The van der Waals surface area contributed by atoms with Crippen molar-refractivity contribution in [1.82, 2.24) is 4.90 Å². The van der Waals surface area contributed by atoms with E-state index in [-0.39, 0.29) is 0 Å². The zero-order valence-electron chi connectivity index (χ0n) is 7.38. The molecule has 0 heterocycles. The second-order valence-electron chi connectivity index (χ2n) is 2.79. The zero-order chi connectivity index (χ0) is 8.69. The summed E-state index contributed by atoms with van der Waals surface area (Å²) in [5.41, 5.74) is 0. The van der Waals surface area contributed by atoms with Crippen LogP contribution in [0.2, 0.25) is 0 Å². The average Bonchev–Trinajstić information content (AvgIpc) is 1.97. The van der Waals surface area contributed by atoms with Crippen LogP contribution in [0.25, 0.3) is 0 Å². The van der Waals surface area contributed by atoms with E-state index < -0.39 is 0 Å². The molecule has 0 atom stereocenters. The molecule has 62 valence electrons. The molecule has 0 aromatic heterocycles. The first kappa shape index (κ1) is 10.2. The van der Waals surface area contributed by atoms with Crippen molar-refractivity contribution in [3.8, 4) is 6.07 Å². The van der Waals surface area contributed by atoms with Crippen molar-refractivity contribution in [3.05, 3.63) is 12.7 Å². The van der Waals surface area contributed by atoms with Gasteiger partial charge in [-0.3, -0.25) is 4.90 Å². The van der Waals surface area contributed by atoms with E-state index in [2.05, 4.69) is 31.4 Å². The number of nitriles is 1. The maximum absolute atomic E-state index is 8.36. The second kappa shape index (κ2) is 5.94. The Morgan fingerprint density at radius 1 is 1.64 bits per heavy atom. The Kier molecular flexibility index (Phi) is 5.50. The minimum atomic E-state index is 0.501. The third-order valence-electron chi connectivity index (χ3n) is 1.60. The molecule has 0 saturated carbocycles. The predicted molar refractivity (Wildman–Crippen MR) is 47.1 cm³/mol. The van der Waals surface area contributed by atoms with E-state index in [9.17, 15) is 0 Å². The van der Waals surface area contributed by atoms with Crippen molar-refractivity contribution in [2.75, 3.05) is 13.1 Å². The lowest BCUT2D eigenvalue weighted by Crippen LogP contribution is -2.31. The summed E-state index contributed by atoms with van der Waals surface area (Å²) in [6.45, 7) is 9.64. The number of hydrogen-bond donors (Lipinski definition) is 0. The fourth-order valence-corrected chi connectivity index (χ4v) is 0.920. The van der Waals surface area contributed by atoms with Gasteiger partial charge in [-0.05, 0) is 13.8 Å². The highest BCUT2D eigenvalue weighted by atomic mass is 15.1. The molecule has 0 saturated heterocycles. The molecule has 0 spiro atoms. The third kappa shape index (κ3) is 4.58. The van der Waals surface area contributed by atoms with Crippen molar-refractivity contribution in [1.29, 1.82) is 5.26 Å². The van der Waals surface area contributed by atoms with Crippen LogP contribution in [0.4, 0.5) is 0 Å². The summed E-state index contributed by atoms with van der Waals surface area (Å²) in [5, 5.41) is 8.36. The van der Waals surface area contributed by atoms with E-state index in [4.69, 9.17) is 5.26 Å². The fourth-order valence-electron chi connectivity index (χ4n) is 0.920. The monoisotopic (exact) mass is 152 g/mol.